The molecule has 0 heterocycles. The maximum absolute atomic E-state index is 11.0. The van der Waals surface area contributed by atoms with Gasteiger partial charge >= 0.3 is 0 Å². The Balaban J connectivity index is 2.45. The van der Waals surface area contributed by atoms with E-state index in [1.54, 1.807) is 5.48 Å². The van der Waals surface area contributed by atoms with Crippen LogP contribution in [0.4, 0.5) is 0 Å². The lowest BCUT2D eigenvalue weighted by atomic mass is 9.84. The molecule has 1 saturated carbocycles. The number of hydrogen-bond acceptors (Lipinski definition) is 2. The van der Waals surface area contributed by atoms with Gasteiger partial charge < -0.3 is 0 Å². The van der Waals surface area contributed by atoms with E-state index < -0.39 is 5.91 Å². The highest BCUT2D eigenvalue weighted by atomic mass is 16.5. The summed E-state index contributed by atoms with van der Waals surface area (Å²) in [5.74, 6) is -0.146. The number of carbonyl (C=O) groups excluding carboxylic acids is 1. The van der Waals surface area contributed by atoms with E-state index in [1.807, 2.05) is 0 Å². The molecule has 12 heavy (non-hydrogen) atoms. The fourth-order valence-electron chi connectivity index (χ4n) is 1.71. The second-order valence-electron chi connectivity index (χ2n) is 3.30. The van der Waals surface area contributed by atoms with Crippen LogP contribution in [0.25, 0.3) is 0 Å². The summed E-state index contributed by atoms with van der Waals surface area (Å²) >= 11 is 0. The molecule has 0 aromatic carbocycles. The molecule has 1 rings (SSSR count). The Morgan fingerprint density at radius 3 is 2.42 bits per heavy atom. The summed E-state index contributed by atoms with van der Waals surface area (Å²) in [6, 6.07) is 0. The molecule has 0 unspecified atom stereocenters. The molecule has 1 aliphatic carbocycles. The van der Waals surface area contributed by atoms with Gasteiger partial charge in [-0.2, -0.15) is 0 Å². The third-order valence-electron chi connectivity index (χ3n) is 2.49. The predicted octanol–water partition coefficient (Wildman–Crippen LogP) is 1.63. The van der Waals surface area contributed by atoms with Gasteiger partial charge in [-0.3, -0.25) is 10.0 Å². The van der Waals surface area contributed by atoms with Crippen LogP contribution >= 0.6 is 0 Å². The molecule has 1 fully saturated rings. The first-order chi connectivity index (χ1) is 5.75. The highest BCUT2D eigenvalue weighted by Gasteiger charge is 2.20. The Bertz CT molecular complexity index is 183. The van der Waals surface area contributed by atoms with Crippen molar-refractivity contribution in [1.82, 2.24) is 5.48 Å². The van der Waals surface area contributed by atoms with Gasteiger partial charge in [-0.15, -0.1) is 0 Å². The average molecular weight is 169 g/mol. The van der Waals surface area contributed by atoms with Crippen LogP contribution in [0.2, 0.25) is 0 Å². The molecule has 0 bridgehead atoms. The second kappa shape index (κ2) is 4.26. The first kappa shape index (κ1) is 9.26. The molecule has 0 spiro atoms. The topological polar surface area (TPSA) is 49.3 Å². The Hall–Kier alpha value is -0.830. The van der Waals surface area contributed by atoms with E-state index in [0.717, 1.165) is 12.8 Å². The lowest BCUT2D eigenvalue weighted by Crippen LogP contribution is -2.25. The van der Waals surface area contributed by atoms with Crippen LogP contribution in [0.1, 0.15) is 32.1 Å². The van der Waals surface area contributed by atoms with Gasteiger partial charge in [0.1, 0.15) is 0 Å². The van der Waals surface area contributed by atoms with E-state index in [1.165, 1.54) is 19.3 Å². The molecule has 0 radical (unpaired) electrons. The summed E-state index contributed by atoms with van der Waals surface area (Å²) in [7, 11) is 0. The molecule has 3 nitrogen and oxygen atoms in total. The molecule has 0 aromatic heterocycles. The minimum absolute atomic E-state index is 0.283. The van der Waals surface area contributed by atoms with E-state index >= 15 is 0 Å². The number of carbonyl (C=O) groups is 1. The molecule has 1 aliphatic rings. The van der Waals surface area contributed by atoms with Crippen molar-refractivity contribution >= 4 is 5.91 Å². The number of hydrogen-bond donors (Lipinski definition) is 2. The van der Waals surface area contributed by atoms with Crippen molar-refractivity contribution in [3.8, 4) is 0 Å². The molecule has 0 aromatic rings. The van der Waals surface area contributed by atoms with Gasteiger partial charge in [0.25, 0.3) is 5.91 Å². The SMILES string of the molecule is C=C(C(=O)NO)C1CCCCC1. The highest BCUT2D eigenvalue weighted by Crippen LogP contribution is 2.28. The van der Waals surface area contributed by atoms with Gasteiger partial charge in [-0.05, 0) is 18.8 Å². The third-order valence-corrected chi connectivity index (χ3v) is 2.49. The van der Waals surface area contributed by atoms with E-state index in [2.05, 4.69) is 6.58 Å². The number of amides is 1. The maximum Gasteiger partial charge on any atom is 0.270 e. The zero-order chi connectivity index (χ0) is 8.97. The number of nitrogens with one attached hydrogen (secondary N) is 1. The van der Waals surface area contributed by atoms with Crippen molar-refractivity contribution in [2.45, 2.75) is 32.1 Å². The van der Waals surface area contributed by atoms with Gasteiger partial charge in [0.2, 0.25) is 0 Å². The molecule has 1 amide bonds. The first-order valence-corrected chi connectivity index (χ1v) is 4.39. The highest BCUT2D eigenvalue weighted by molar-refractivity contribution is 5.92. The molecule has 3 heteroatoms. The molecule has 0 atom stereocenters. The van der Waals surface area contributed by atoms with Crippen LogP contribution in [0.15, 0.2) is 12.2 Å². The quantitative estimate of drug-likeness (QED) is 0.375. The largest absolute Gasteiger partial charge is 0.288 e. The van der Waals surface area contributed by atoms with Crippen molar-refractivity contribution in [3.05, 3.63) is 12.2 Å². The summed E-state index contributed by atoms with van der Waals surface area (Å²) < 4.78 is 0. The van der Waals surface area contributed by atoms with E-state index in [0.29, 0.717) is 5.57 Å². The minimum Gasteiger partial charge on any atom is -0.288 e. The minimum atomic E-state index is -0.429. The summed E-state index contributed by atoms with van der Waals surface area (Å²) in [5, 5.41) is 8.38. The van der Waals surface area contributed by atoms with Crippen LogP contribution in [-0.4, -0.2) is 11.1 Å². The van der Waals surface area contributed by atoms with Gasteiger partial charge in [-0.1, -0.05) is 25.8 Å². The van der Waals surface area contributed by atoms with Crippen molar-refractivity contribution in [2.75, 3.05) is 0 Å². The molecule has 2 N–H and O–H groups in total. The van der Waals surface area contributed by atoms with E-state index in [-0.39, 0.29) is 5.92 Å². The summed E-state index contributed by atoms with van der Waals surface area (Å²) in [6.07, 6.45) is 5.66. The molecular formula is C9H15NO2. The third kappa shape index (κ3) is 2.08. The van der Waals surface area contributed by atoms with Crippen LogP contribution in [-0.2, 0) is 4.79 Å². The normalized spacial score (nSPS) is 18.8. The van der Waals surface area contributed by atoms with Gasteiger partial charge in [0.15, 0.2) is 0 Å². The summed E-state index contributed by atoms with van der Waals surface area (Å²) in [4.78, 5) is 11.0. The lowest BCUT2D eigenvalue weighted by molar-refractivity contribution is -0.125. The Morgan fingerprint density at radius 1 is 1.33 bits per heavy atom. The molecule has 0 aliphatic heterocycles. The van der Waals surface area contributed by atoms with Crippen molar-refractivity contribution < 1.29 is 10.0 Å². The zero-order valence-corrected chi connectivity index (χ0v) is 7.18. The summed E-state index contributed by atoms with van der Waals surface area (Å²) in [6.45, 7) is 3.68. The average Bonchev–Trinajstić information content (AvgIpc) is 2.17. The Kier molecular flexibility index (Phi) is 3.29. The van der Waals surface area contributed by atoms with E-state index in [9.17, 15) is 4.79 Å². The molecule has 68 valence electrons. The predicted molar refractivity (Wildman–Crippen MR) is 45.6 cm³/mol. The van der Waals surface area contributed by atoms with Crippen molar-refractivity contribution in [3.63, 3.8) is 0 Å². The number of rotatable bonds is 2. The first-order valence-electron chi connectivity index (χ1n) is 4.39. The molecule has 0 saturated heterocycles. The van der Waals surface area contributed by atoms with Gasteiger partial charge in [0.05, 0.1) is 0 Å². The smallest absolute Gasteiger partial charge is 0.270 e. The maximum atomic E-state index is 11.0. The van der Waals surface area contributed by atoms with Gasteiger partial charge in [-0.25, -0.2) is 5.48 Å². The molecular weight excluding hydrogens is 154 g/mol. The van der Waals surface area contributed by atoms with Crippen LogP contribution < -0.4 is 5.48 Å². The fourth-order valence-corrected chi connectivity index (χ4v) is 1.71. The van der Waals surface area contributed by atoms with Crippen LogP contribution in [0, 0.1) is 5.92 Å². The standard InChI is InChI=1S/C9H15NO2/c1-7(9(11)10-12)8-5-3-2-4-6-8/h8,12H,1-6H2,(H,10,11). The van der Waals surface area contributed by atoms with Gasteiger partial charge in [0, 0.05) is 5.57 Å². The number of hydroxylamine groups is 1. The van der Waals surface area contributed by atoms with Crippen molar-refractivity contribution in [1.29, 1.82) is 0 Å². The fraction of sp³-hybridized carbons (Fsp3) is 0.667. The van der Waals surface area contributed by atoms with Crippen molar-refractivity contribution in [2.24, 2.45) is 5.92 Å². The van der Waals surface area contributed by atoms with Crippen LogP contribution in [0.5, 0.6) is 0 Å². The zero-order valence-electron chi connectivity index (χ0n) is 7.18. The summed E-state index contributed by atoms with van der Waals surface area (Å²) in [5.41, 5.74) is 2.15. The monoisotopic (exact) mass is 169 g/mol. The van der Waals surface area contributed by atoms with Crippen LogP contribution in [0.3, 0.4) is 0 Å². The second-order valence-corrected chi connectivity index (χ2v) is 3.30. The Labute approximate surface area is 72.4 Å². The lowest BCUT2D eigenvalue weighted by Gasteiger charge is -2.22. The Morgan fingerprint density at radius 2 is 1.92 bits per heavy atom. The van der Waals surface area contributed by atoms with E-state index in [4.69, 9.17) is 5.21 Å².